The normalized spacial score (nSPS) is 10.3. The van der Waals surface area contributed by atoms with Crippen LogP contribution in [0.2, 0.25) is 0 Å². The summed E-state index contributed by atoms with van der Waals surface area (Å²) >= 11 is -4.75. The van der Waals surface area contributed by atoms with E-state index in [9.17, 15) is 7.67 Å². The van der Waals surface area contributed by atoms with Crippen molar-refractivity contribution in [2.75, 3.05) is 0 Å². The van der Waals surface area contributed by atoms with Crippen molar-refractivity contribution in [2.24, 2.45) is 0 Å². The van der Waals surface area contributed by atoms with Gasteiger partial charge >= 0.3 is 44.6 Å². The Morgan fingerprint density at radius 2 is 2.14 bits per heavy atom. The molecule has 0 heterocycles. The number of nitriles is 1. The molecule has 0 saturated carbocycles. The van der Waals surface area contributed by atoms with Gasteiger partial charge in [0.2, 0.25) is 0 Å². The van der Waals surface area contributed by atoms with Gasteiger partial charge in [-0.25, -0.2) is 0 Å². The Bertz CT molecular complexity index is 176. The average Bonchev–Trinajstić information content (AvgIpc) is 1.30. The Morgan fingerprint density at radius 3 is 2.14 bits per heavy atom. The van der Waals surface area contributed by atoms with Crippen molar-refractivity contribution in [1.82, 2.24) is 0 Å². The van der Waals surface area contributed by atoms with Crippen molar-refractivity contribution in [2.45, 2.75) is 0 Å². The molecular weight excluding hydrogens is 185 g/mol. The van der Waals surface area contributed by atoms with Gasteiger partial charge in [-0.2, -0.15) is 0 Å². The number of nitrogens with zero attached hydrogens (tertiary/aromatic N) is 1. The van der Waals surface area contributed by atoms with E-state index in [-0.39, 0.29) is 10.2 Å². The van der Waals surface area contributed by atoms with Gasteiger partial charge in [-0.3, -0.25) is 0 Å². The van der Waals surface area contributed by atoms with Crippen molar-refractivity contribution in [1.29, 1.82) is 5.26 Å². The first-order valence-corrected chi connectivity index (χ1v) is 6.11. The first-order chi connectivity index (χ1) is 3.06. The topological polar surface area (TPSA) is 78.2 Å². The molecule has 0 aliphatic heterocycles. The van der Waals surface area contributed by atoms with Crippen molar-refractivity contribution >= 4 is 22.1 Å². The van der Waals surface area contributed by atoms with Crippen LogP contribution in [0, 0.1) is 10.7 Å². The molecule has 0 aliphatic carbocycles. The summed E-state index contributed by atoms with van der Waals surface area (Å²) in [5, 5.41) is 8.81. The van der Waals surface area contributed by atoms with Crippen LogP contribution in [-0.2, 0) is 7.67 Å². The molecule has 0 aromatic rings. The summed E-state index contributed by atoms with van der Waals surface area (Å²) in [5.41, 5.74) is 0. The first-order valence-electron chi connectivity index (χ1n) is 1.11. The van der Waals surface area contributed by atoms with Gasteiger partial charge in [0.05, 0.1) is 0 Å². The Kier molecular flexibility index (Phi) is 2.26. The zero-order valence-electron chi connectivity index (χ0n) is 3.03. The van der Waals surface area contributed by atoms with Gasteiger partial charge in [0.1, 0.15) is 0 Å². The summed E-state index contributed by atoms with van der Waals surface area (Å²) in [6.07, 6.45) is 0. The third kappa shape index (κ3) is 5.92. The maximum atomic E-state index is 9.60. The Hall–Kier alpha value is -0.0805. The molecule has 0 aromatic carbocycles. The molecule has 0 rings (SSSR count). The first kappa shape index (κ1) is 6.92. The molecule has 0 atom stereocenters. The van der Waals surface area contributed by atoms with E-state index >= 15 is 0 Å². The van der Waals surface area contributed by atoms with E-state index in [1.165, 1.54) is 5.40 Å². The second-order valence-corrected chi connectivity index (χ2v) is 5.98. The van der Waals surface area contributed by atoms with Crippen LogP contribution in [0.5, 0.6) is 0 Å². The standard InChI is InChI=1S/CHNO3SSe/c2-1-6-7(3,4)5/h(H,3,4,5). The fourth-order valence-electron chi connectivity index (χ4n) is 0.0471. The summed E-state index contributed by atoms with van der Waals surface area (Å²) in [6.45, 7) is 0. The fraction of sp³-hybridized carbons (Fsp3) is 0. The molecule has 6 heteroatoms. The summed E-state index contributed by atoms with van der Waals surface area (Å²) < 4.78 is 27.0. The van der Waals surface area contributed by atoms with Gasteiger partial charge in [-0.1, -0.05) is 0 Å². The molecule has 0 radical (unpaired) electrons. The zero-order valence-corrected chi connectivity index (χ0v) is 5.56. The molecule has 0 saturated heterocycles. The summed E-state index contributed by atoms with van der Waals surface area (Å²) in [4.78, 5) is 0. The van der Waals surface area contributed by atoms with Crippen LogP contribution in [0.4, 0.5) is 0 Å². The monoisotopic (exact) mass is 187 g/mol. The summed E-state index contributed by atoms with van der Waals surface area (Å²) in [6, 6.07) is 0. The average molecular weight is 186 g/mol. The number of hydrogen-bond acceptors (Lipinski definition) is 4. The molecule has 1 N–H and O–H groups in total. The Balaban J connectivity index is 3.92. The van der Waals surface area contributed by atoms with E-state index in [0.717, 1.165) is 0 Å². The van der Waals surface area contributed by atoms with Crippen LogP contribution in [0.3, 0.4) is 0 Å². The second-order valence-electron chi connectivity index (χ2n) is 0.602. The van der Waals surface area contributed by atoms with E-state index < -0.39 is 11.9 Å². The molecular formula is CHNO3SSe. The van der Waals surface area contributed by atoms with Crippen LogP contribution in [-0.4, -0.2) is 16.1 Å². The van der Waals surface area contributed by atoms with E-state index in [2.05, 4.69) is 0 Å². The molecule has 0 unspecified atom stereocenters. The van der Waals surface area contributed by atoms with Crippen LogP contribution < -0.4 is 0 Å². The van der Waals surface area contributed by atoms with Gasteiger partial charge in [0.15, 0.2) is 0 Å². The molecule has 0 aliphatic rings. The number of thiocyanates is 1. The molecule has 0 aromatic heterocycles. The quantitative estimate of drug-likeness (QED) is 0.440. The predicted molar refractivity (Wildman–Crippen MR) is 22.5 cm³/mol. The van der Waals surface area contributed by atoms with Gasteiger partial charge in [0, 0.05) is 0 Å². The SMILES string of the molecule is N#CS[Se](=O)(=O)O. The second kappa shape index (κ2) is 2.28. The molecule has 0 bridgehead atoms. The van der Waals surface area contributed by atoms with Crippen LogP contribution in [0.15, 0.2) is 0 Å². The number of rotatable bonds is 1. The van der Waals surface area contributed by atoms with Crippen molar-refractivity contribution in [3.8, 4) is 5.40 Å². The Morgan fingerprint density at radius 1 is 1.71 bits per heavy atom. The van der Waals surface area contributed by atoms with Crippen molar-refractivity contribution in [3.63, 3.8) is 0 Å². The van der Waals surface area contributed by atoms with E-state index in [1.807, 2.05) is 0 Å². The third-order valence-electron chi connectivity index (χ3n) is 0.143. The molecule has 40 valence electrons. The van der Waals surface area contributed by atoms with Crippen LogP contribution in [0.1, 0.15) is 0 Å². The van der Waals surface area contributed by atoms with Gasteiger partial charge < -0.3 is 0 Å². The van der Waals surface area contributed by atoms with Crippen LogP contribution in [0.25, 0.3) is 0 Å². The molecule has 0 fully saturated rings. The maximum absolute atomic E-state index is 9.60. The molecule has 0 spiro atoms. The summed E-state index contributed by atoms with van der Waals surface area (Å²) in [7, 11) is -0.105. The zero-order chi connectivity index (χ0) is 5.91. The molecule has 0 amide bonds. The fourth-order valence-corrected chi connectivity index (χ4v) is 0.734. The van der Waals surface area contributed by atoms with Gasteiger partial charge in [0.25, 0.3) is 0 Å². The van der Waals surface area contributed by atoms with Crippen molar-refractivity contribution < 1.29 is 11.9 Å². The van der Waals surface area contributed by atoms with Crippen LogP contribution >= 0.6 is 10.2 Å². The minimum absolute atomic E-state index is 0.105. The Labute approximate surface area is 45.2 Å². The predicted octanol–water partition coefficient (Wildman–Crippen LogP) is -0.510. The van der Waals surface area contributed by atoms with Gasteiger partial charge in [-0.05, 0) is 0 Å². The van der Waals surface area contributed by atoms with Crippen molar-refractivity contribution in [3.05, 3.63) is 0 Å². The third-order valence-corrected chi connectivity index (χ3v) is 2.22. The van der Waals surface area contributed by atoms with E-state index in [4.69, 9.17) is 9.45 Å². The molecule has 7 heavy (non-hydrogen) atoms. The van der Waals surface area contributed by atoms with E-state index in [0.29, 0.717) is 0 Å². The summed E-state index contributed by atoms with van der Waals surface area (Å²) in [5.74, 6) is 0. The van der Waals surface area contributed by atoms with E-state index in [1.54, 1.807) is 0 Å². The molecule has 4 nitrogen and oxygen atoms in total. The minimum atomic E-state index is -4.75. The van der Waals surface area contributed by atoms with Gasteiger partial charge in [-0.15, -0.1) is 0 Å². The number of hydrogen-bond donors (Lipinski definition) is 1.